The Labute approximate surface area is 217 Å². The highest BCUT2D eigenvalue weighted by Gasteiger charge is 2.12. The summed E-state index contributed by atoms with van der Waals surface area (Å²) in [5, 5.41) is 13.2. The van der Waals surface area contributed by atoms with Crippen molar-refractivity contribution in [3.8, 4) is 22.6 Å². The number of carbonyl (C=O) groups excluding carboxylic acids is 1. The van der Waals surface area contributed by atoms with E-state index in [9.17, 15) is 4.79 Å². The molecule has 0 aliphatic carbocycles. The molecule has 0 unspecified atom stereocenters. The Bertz CT molecular complexity index is 1720. The number of ether oxygens (including phenoxy) is 2. The van der Waals surface area contributed by atoms with Crippen LogP contribution in [0.3, 0.4) is 0 Å². The third-order valence-electron chi connectivity index (χ3n) is 6.24. The van der Waals surface area contributed by atoms with Crippen molar-refractivity contribution in [3.63, 3.8) is 0 Å². The molecule has 0 aliphatic rings. The van der Waals surface area contributed by atoms with Crippen LogP contribution in [0.4, 0.5) is 0 Å². The lowest BCUT2D eigenvalue weighted by atomic mass is 10.1. The second-order valence-electron chi connectivity index (χ2n) is 8.52. The van der Waals surface area contributed by atoms with E-state index in [1.54, 1.807) is 37.1 Å². The summed E-state index contributed by atoms with van der Waals surface area (Å²) in [4.78, 5) is 23.3. The second kappa shape index (κ2) is 10.3. The van der Waals surface area contributed by atoms with Gasteiger partial charge in [0.2, 0.25) is 0 Å². The number of rotatable bonds is 8. The van der Waals surface area contributed by atoms with Crippen LogP contribution < -0.4 is 20.3 Å². The molecule has 5 rings (SSSR count). The van der Waals surface area contributed by atoms with Crippen LogP contribution >= 0.6 is 12.2 Å². The van der Waals surface area contributed by atoms with Crippen LogP contribution in [0, 0.1) is 10.2 Å². The van der Waals surface area contributed by atoms with Gasteiger partial charge in [0.1, 0.15) is 11.2 Å². The van der Waals surface area contributed by atoms with E-state index in [4.69, 9.17) is 27.1 Å². The van der Waals surface area contributed by atoms with Crippen LogP contribution in [0.25, 0.3) is 32.9 Å². The number of nitrogens with one attached hydrogen (secondary N) is 4. The van der Waals surface area contributed by atoms with Gasteiger partial charge in [0, 0.05) is 53.4 Å². The van der Waals surface area contributed by atoms with E-state index in [1.165, 1.54) is 0 Å². The first-order valence-electron chi connectivity index (χ1n) is 11.7. The molecular weight excluding hydrogens is 488 g/mol. The third kappa shape index (κ3) is 4.83. The second-order valence-corrected chi connectivity index (χ2v) is 8.91. The minimum Gasteiger partial charge on any atom is -0.493 e. The summed E-state index contributed by atoms with van der Waals surface area (Å²) in [5.41, 5.74) is 4.39. The quantitative estimate of drug-likeness (QED) is 0.179. The number of benzene rings is 2. The molecule has 3 aromatic heterocycles. The number of hydrogen-bond donors (Lipinski definition) is 4. The van der Waals surface area contributed by atoms with Crippen LogP contribution in [0.5, 0.6) is 11.5 Å². The number of methoxy groups -OCH3 is 2. The molecule has 0 spiro atoms. The van der Waals surface area contributed by atoms with Crippen molar-refractivity contribution in [2.24, 2.45) is 0 Å². The number of H-pyrrole nitrogens is 2. The molecule has 37 heavy (non-hydrogen) atoms. The fourth-order valence-corrected chi connectivity index (χ4v) is 4.61. The van der Waals surface area contributed by atoms with Crippen LogP contribution in [0.1, 0.15) is 16.9 Å². The molecule has 4 N–H and O–H groups in total. The van der Waals surface area contributed by atoms with Crippen LogP contribution in [0.15, 0.2) is 60.9 Å². The van der Waals surface area contributed by atoms with Crippen molar-refractivity contribution >= 4 is 39.9 Å². The molecule has 0 fully saturated rings. The van der Waals surface area contributed by atoms with Crippen molar-refractivity contribution in [1.82, 2.24) is 24.8 Å². The average Bonchev–Trinajstić information content (AvgIpc) is 3.36. The van der Waals surface area contributed by atoms with Crippen LogP contribution in [0.2, 0.25) is 0 Å². The average molecular weight is 515 g/mol. The fourth-order valence-electron chi connectivity index (χ4n) is 4.32. The van der Waals surface area contributed by atoms with Gasteiger partial charge in [-0.05, 0) is 48.5 Å². The molecule has 3 heterocycles. The van der Waals surface area contributed by atoms with Crippen LogP contribution in [-0.2, 0) is 6.54 Å². The predicted molar refractivity (Wildman–Crippen MR) is 145 cm³/mol. The van der Waals surface area contributed by atoms with Gasteiger partial charge in [-0.15, -0.1) is 0 Å². The lowest BCUT2D eigenvalue weighted by Crippen LogP contribution is -2.28. The van der Waals surface area contributed by atoms with Crippen molar-refractivity contribution in [2.75, 3.05) is 20.8 Å². The Morgan fingerprint density at radius 1 is 1.05 bits per heavy atom. The summed E-state index contributed by atoms with van der Waals surface area (Å²) in [6.45, 7) is 0.903. The van der Waals surface area contributed by atoms with Gasteiger partial charge < -0.3 is 29.3 Å². The fraction of sp³-hybridized carbons (Fsp3) is 0.185. The topological polar surface area (TPSA) is 121 Å². The first-order chi connectivity index (χ1) is 18.0. The van der Waals surface area contributed by atoms with Crippen molar-refractivity contribution in [3.05, 3.63) is 76.9 Å². The molecule has 5 aromatic rings. The smallest absolute Gasteiger partial charge is 0.267 e. The van der Waals surface area contributed by atoms with Gasteiger partial charge in [-0.2, -0.15) is 0 Å². The van der Waals surface area contributed by atoms with Gasteiger partial charge in [-0.1, -0.05) is 18.2 Å². The van der Waals surface area contributed by atoms with E-state index in [0.717, 1.165) is 22.0 Å². The van der Waals surface area contributed by atoms with E-state index in [1.807, 2.05) is 42.6 Å². The van der Waals surface area contributed by atoms with Gasteiger partial charge in [0.25, 0.3) is 5.91 Å². The molecule has 0 radical (unpaired) electrons. The monoisotopic (exact) mass is 514 g/mol. The summed E-state index contributed by atoms with van der Waals surface area (Å²) in [6.07, 6.45) is 4.15. The highest BCUT2D eigenvalue weighted by molar-refractivity contribution is 7.71. The summed E-state index contributed by atoms with van der Waals surface area (Å²) in [6, 6.07) is 15.3. The van der Waals surface area contributed by atoms with E-state index < -0.39 is 0 Å². The van der Waals surface area contributed by atoms with E-state index in [2.05, 4.69) is 20.3 Å². The Morgan fingerprint density at radius 3 is 2.62 bits per heavy atom. The number of pyridine rings is 1. The van der Waals surface area contributed by atoms with Gasteiger partial charge in [-0.3, -0.25) is 15.2 Å². The number of nitrogens with zero attached hydrogens (tertiary/aromatic N) is 2. The zero-order valence-electron chi connectivity index (χ0n) is 20.4. The summed E-state index contributed by atoms with van der Waals surface area (Å²) in [7, 11) is 3.12. The number of fused-ring (bicyclic) bond motifs is 2. The number of aromatic nitrogens is 4. The number of hydrogen-bond acceptors (Lipinski definition) is 6. The normalized spacial score (nSPS) is 11.1. The Hall–Kier alpha value is -4.44. The molecule has 0 saturated heterocycles. The Kier molecular flexibility index (Phi) is 6.74. The Morgan fingerprint density at radius 2 is 1.86 bits per heavy atom. The van der Waals surface area contributed by atoms with Crippen molar-refractivity contribution in [2.45, 2.75) is 13.0 Å². The summed E-state index contributed by atoms with van der Waals surface area (Å²) >= 11 is 5.49. The molecule has 10 heteroatoms. The largest absolute Gasteiger partial charge is 0.493 e. The maximum atomic E-state index is 12.8. The lowest BCUT2D eigenvalue weighted by Gasteiger charge is -2.13. The van der Waals surface area contributed by atoms with Gasteiger partial charge in [0.05, 0.1) is 19.7 Å². The van der Waals surface area contributed by atoms with Gasteiger partial charge in [0.15, 0.2) is 16.3 Å². The predicted octanol–water partition coefficient (Wildman–Crippen LogP) is 4.56. The van der Waals surface area contributed by atoms with Crippen molar-refractivity contribution < 1.29 is 14.3 Å². The standard InChI is InChI=1S/C27H26N6O3S/c1-35-23-13-19-21(14-24(23)36-2)32-27(37)33(25(19)28)10-4-9-30-26(34)22-12-17-7-6-16(11-20(17)31-22)18-5-3-8-29-15-18/h3,5-8,11-15,28,31H,4,9-10H2,1-2H3,(H,30,34)(H,32,37). The maximum absolute atomic E-state index is 12.8. The molecule has 0 saturated carbocycles. The highest BCUT2D eigenvalue weighted by atomic mass is 32.1. The number of carbonyl (C=O) groups is 1. The minimum absolute atomic E-state index is 0.185. The lowest BCUT2D eigenvalue weighted by molar-refractivity contribution is 0.0948. The molecule has 2 aromatic carbocycles. The summed E-state index contributed by atoms with van der Waals surface area (Å²) in [5.74, 6) is 0.917. The molecule has 9 nitrogen and oxygen atoms in total. The first kappa shape index (κ1) is 24.3. The van der Waals surface area contributed by atoms with Gasteiger partial charge in [-0.25, -0.2) is 0 Å². The molecule has 1 amide bonds. The SMILES string of the molecule is COc1cc2[nH]c(=S)n(CCCNC(=O)c3cc4ccc(-c5cccnc5)cc4[nH]3)c(=N)c2cc1OC. The van der Waals surface area contributed by atoms with E-state index >= 15 is 0 Å². The van der Waals surface area contributed by atoms with Crippen LogP contribution in [-0.4, -0.2) is 46.2 Å². The highest BCUT2D eigenvalue weighted by Crippen LogP contribution is 2.30. The molecule has 0 atom stereocenters. The maximum Gasteiger partial charge on any atom is 0.267 e. The first-order valence-corrected chi connectivity index (χ1v) is 12.1. The number of aromatic amines is 2. The molecule has 0 aliphatic heterocycles. The molecule has 188 valence electrons. The van der Waals surface area contributed by atoms with E-state index in [0.29, 0.717) is 52.4 Å². The summed E-state index contributed by atoms with van der Waals surface area (Å²) < 4.78 is 12.9. The number of amides is 1. The minimum atomic E-state index is -0.185. The zero-order valence-corrected chi connectivity index (χ0v) is 21.2. The Balaban J connectivity index is 1.26. The molecular formula is C27H26N6O3S. The third-order valence-corrected chi connectivity index (χ3v) is 6.56. The molecule has 0 bridgehead atoms. The zero-order chi connectivity index (χ0) is 25.9. The van der Waals surface area contributed by atoms with Crippen molar-refractivity contribution in [1.29, 1.82) is 5.41 Å². The van der Waals surface area contributed by atoms with Gasteiger partial charge >= 0.3 is 0 Å². The van der Waals surface area contributed by atoms with E-state index in [-0.39, 0.29) is 11.4 Å².